The van der Waals surface area contributed by atoms with Gasteiger partial charge in [-0.3, -0.25) is 9.59 Å². The molecule has 14 heteroatoms. The number of ketones is 2. The Morgan fingerprint density at radius 3 is 1.39 bits per heavy atom. The molecule has 304 valence electrons. The molecule has 6 rings (SSSR count). The van der Waals surface area contributed by atoms with E-state index in [2.05, 4.69) is 32.9 Å². The number of unbranched alkanes of at least 4 members (excludes halogenated alkanes) is 2. The number of aliphatic carboxylic acids is 2. The van der Waals surface area contributed by atoms with Crippen molar-refractivity contribution in [1.29, 1.82) is 0 Å². The lowest BCUT2D eigenvalue weighted by molar-refractivity contribution is -0.307. The Labute approximate surface area is 339 Å². The summed E-state index contributed by atoms with van der Waals surface area (Å²) >= 11 is 0. The van der Waals surface area contributed by atoms with Crippen LogP contribution in [-0.2, 0) is 46.1 Å². The van der Waals surface area contributed by atoms with E-state index in [1.54, 1.807) is 0 Å². The van der Waals surface area contributed by atoms with Crippen LogP contribution in [0.5, 0.6) is 0 Å². The molecule has 10 nitrogen and oxygen atoms in total. The Kier molecular flexibility index (Phi) is 22.5. The Bertz CT molecular complexity index is 1300. The third-order valence-electron chi connectivity index (χ3n) is 10.9. The summed E-state index contributed by atoms with van der Waals surface area (Å²) < 4.78 is 4.10. The van der Waals surface area contributed by atoms with Crippen LogP contribution < -0.4 is 10.2 Å². The van der Waals surface area contributed by atoms with Crippen LogP contribution in [0.15, 0.2) is 25.0 Å². The minimum Gasteiger partial charge on any atom is -0.550 e. The standard InChI is InChI=1S/2C12H18N2O.2C8H14O2S2/c2*1-3-11-9(4-5-12(11)15)6-10-7-13-8-14(10)2;2*9-8(10)4-2-1-3-7-5-6-11-12-7/h2*7-9,11H,3-6H2,1-2H3;2*7H,1-6H2,(H,9,10)/p-2/t2*9-,11+;2*7-/m1100/s1. The molecule has 0 amide bonds. The molecule has 4 heterocycles. The summed E-state index contributed by atoms with van der Waals surface area (Å²) in [4.78, 5) is 51.6. The van der Waals surface area contributed by atoms with E-state index in [0.29, 0.717) is 35.2 Å². The molecule has 2 aliphatic carbocycles. The van der Waals surface area contributed by atoms with Crippen LogP contribution >= 0.6 is 43.2 Å². The molecule has 2 aromatic rings. The summed E-state index contributed by atoms with van der Waals surface area (Å²) in [5, 5.41) is 21.7. The van der Waals surface area contributed by atoms with Gasteiger partial charge in [-0.2, -0.15) is 0 Å². The lowest BCUT2D eigenvalue weighted by Crippen LogP contribution is -2.21. The Hall–Kier alpha value is -1.90. The average Bonchev–Trinajstić information content (AvgIpc) is 4.01. The highest BCUT2D eigenvalue weighted by molar-refractivity contribution is 8.77. The van der Waals surface area contributed by atoms with E-state index in [1.807, 2.05) is 82.3 Å². The van der Waals surface area contributed by atoms with Crippen molar-refractivity contribution in [1.82, 2.24) is 19.1 Å². The van der Waals surface area contributed by atoms with Crippen molar-refractivity contribution < 1.29 is 29.4 Å². The number of aryl methyl sites for hydroxylation is 2. The zero-order chi connectivity index (χ0) is 39.3. The van der Waals surface area contributed by atoms with E-state index in [1.165, 1.54) is 48.6 Å². The number of imidazole rings is 2. The van der Waals surface area contributed by atoms with Crippen LogP contribution in [0.4, 0.5) is 0 Å². The second-order valence-corrected chi connectivity index (χ2v) is 20.4. The number of hydrogen-bond acceptors (Lipinski definition) is 12. The molecule has 4 aliphatic rings. The second-order valence-electron chi connectivity index (χ2n) is 14.9. The van der Waals surface area contributed by atoms with Crippen molar-refractivity contribution in [3.63, 3.8) is 0 Å². The van der Waals surface area contributed by atoms with Gasteiger partial charge in [0.15, 0.2) is 0 Å². The van der Waals surface area contributed by atoms with Crippen LogP contribution in [0, 0.1) is 23.7 Å². The van der Waals surface area contributed by atoms with E-state index in [-0.39, 0.29) is 12.8 Å². The van der Waals surface area contributed by atoms with Crippen LogP contribution in [0.25, 0.3) is 0 Å². The van der Waals surface area contributed by atoms with Crippen LogP contribution in [-0.4, -0.2) is 64.6 Å². The van der Waals surface area contributed by atoms with E-state index in [4.69, 9.17) is 0 Å². The summed E-state index contributed by atoms with van der Waals surface area (Å²) in [6, 6.07) is 0. The number of carboxylic acids is 2. The maximum Gasteiger partial charge on any atom is 0.136 e. The normalized spacial score (nSPS) is 24.7. The van der Waals surface area contributed by atoms with Crippen molar-refractivity contribution in [3.8, 4) is 0 Å². The van der Waals surface area contributed by atoms with Gasteiger partial charge < -0.3 is 28.9 Å². The molecule has 4 fully saturated rings. The van der Waals surface area contributed by atoms with Crippen molar-refractivity contribution in [2.75, 3.05) is 11.5 Å². The minimum atomic E-state index is -0.913. The van der Waals surface area contributed by atoms with Crippen LogP contribution in [0.3, 0.4) is 0 Å². The smallest absolute Gasteiger partial charge is 0.136 e. The molecule has 0 aromatic carbocycles. The highest BCUT2D eigenvalue weighted by Crippen LogP contribution is 2.41. The van der Waals surface area contributed by atoms with Gasteiger partial charge in [-0.15, -0.1) is 0 Å². The molecule has 6 atom stereocenters. The predicted octanol–water partition coefficient (Wildman–Crippen LogP) is 6.84. The maximum absolute atomic E-state index is 11.6. The monoisotopic (exact) mass is 822 g/mol. The van der Waals surface area contributed by atoms with Gasteiger partial charge in [0.25, 0.3) is 0 Å². The molecule has 54 heavy (non-hydrogen) atoms. The number of hydrogen-bond donors (Lipinski definition) is 0. The molecule has 2 aliphatic heterocycles. The topological polar surface area (TPSA) is 150 Å². The first kappa shape index (κ1) is 46.5. The van der Waals surface area contributed by atoms with E-state index in [9.17, 15) is 29.4 Å². The Morgan fingerprint density at radius 2 is 1.09 bits per heavy atom. The zero-order valence-electron chi connectivity index (χ0n) is 32.8. The molecule has 0 N–H and O–H groups in total. The first-order valence-corrected chi connectivity index (χ1v) is 24.7. The van der Waals surface area contributed by atoms with Crippen molar-refractivity contribution in [2.45, 2.75) is 140 Å². The maximum atomic E-state index is 11.6. The summed E-state index contributed by atoms with van der Waals surface area (Å²) in [5.74, 6) is 3.28. The molecule has 0 bridgehead atoms. The van der Waals surface area contributed by atoms with Gasteiger partial charge in [0.05, 0.1) is 12.7 Å². The van der Waals surface area contributed by atoms with Crippen molar-refractivity contribution >= 4 is 66.7 Å². The van der Waals surface area contributed by atoms with E-state index in [0.717, 1.165) is 87.5 Å². The molecule has 2 saturated carbocycles. The highest BCUT2D eigenvalue weighted by atomic mass is 33.1. The largest absolute Gasteiger partial charge is 0.550 e. The lowest BCUT2D eigenvalue weighted by atomic mass is 9.89. The fourth-order valence-electron chi connectivity index (χ4n) is 7.68. The number of rotatable bonds is 16. The summed E-state index contributed by atoms with van der Waals surface area (Å²) in [7, 11) is 11.8. The number of Topliss-reactive ketones (excluding diaryl/α,β-unsaturated/α-hetero) is 2. The molecular formula is C40H62N4O6S4-2. The predicted molar refractivity (Wildman–Crippen MR) is 221 cm³/mol. The fourth-order valence-corrected chi connectivity index (χ4v) is 13.7. The minimum absolute atomic E-state index is 0.227. The average molecular weight is 823 g/mol. The molecule has 0 spiro atoms. The lowest BCUT2D eigenvalue weighted by Gasteiger charge is -2.16. The number of carbonyl (C=O) groups excluding carboxylic acids is 4. The van der Waals surface area contributed by atoms with Gasteiger partial charge >= 0.3 is 0 Å². The fraction of sp³-hybridized carbons (Fsp3) is 0.750. The third kappa shape index (κ3) is 17.1. The number of aromatic nitrogens is 4. The summed E-state index contributed by atoms with van der Waals surface area (Å²) in [6.45, 7) is 4.23. The number of nitrogens with zero attached hydrogens (tertiary/aromatic N) is 4. The SMILES string of the molecule is CC[C@@H]1C(=O)CC[C@@H]1Cc1cncn1C.CC[C@@H]1C(=O)CC[C@@H]1Cc1cncn1C.O=C([O-])CCCC[C@H]1CCSS1.O=C([O-])CCCC[C@H]1CCSS1. The van der Waals surface area contributed by atoms with Gasteiger partial charge in [0.1, 0.15) is 11.6 Å². The molecule has 2 saturated heterocycles. The van der Waals surface area contributed by atoms with Gasteiger partial charge in [-0.25, -0.2) is 9.97 Å². The summed E-state index contributed by atoms with van der Waals surface area (Å²) in [6.07, 6.45) is 24.1. The molecular weight excluding hydrogens is 761 g/mol. The first-order valence-electron chi connectivity index (χ1n) is 19.9. The number of carbonyl (C=O) groups is 4. The van der Waals surface area contributed by atoms with E-state index < -0.39 is 11.9 Å². The highest BCUT2D eigenvalue weighted by Gasteiger charge is 2.34. The third-order valence-corrected chi connectivity index (χ3v) is 16.9. The number of carboxylic acid groups (broad SMARTS) is 2. The molecule has 0 unspecified atom stereocenters. The second kappa shape index (κ2) is 26.1. The Balaban J connectivity index is 0.000000195. The molecule has 2 aromatic heterocycles. The van der Waals surface area contributed by atoms with Crippen molar-refractivity contribution in [2.24, 2.45) is 37.8 Å². The Morgan fingerprint density at radius 1 is 0.685 bits per heavy atom. The quantitative estimate of drug-likeness (QED) is 0.129. The first-order chi connectivity index (χ1) is 26.0. The van der Waals surface area contributed by atoms with Crippen LogP contribution in [0.1, 0.15) is 128 Å². The van der Waals surface area contributed by atoms with Gasteiger partial charge in [-0.1, -0.05) is 69.9 Å². The van der Waals surface area contributed by atoms with Crippen LogP contribution in [0.2, 0.25) is 0 Å². The van der Waals surface area contributed by atoms with Gasteiger partial charge in [-0.05, 0) is 102 Å². The zero-order valence-corrected chi connectivity index (χ0v) is 36.1. The van der Waals surface area contributed by atoms with Crippen molar-refractivity contribution in [3.05, 3.63) is 36.4 Å². The van der Waals surface area contributed by atoms with E-state index >= 15 is 0 Å². The molecule has 0 radical (unpaired) electrons. The van der Waals surface area contributed by atoms with Gasteiger partial charge in [0.2, 0.25) is 0 Å². The summed E-state index contributed by atoms with van der Waals surface area (Å²) in [5.41, 5.74) is 2.49. The van der Waals surface area contributed by atoms with Gasteiger partial charge in [0, 0.05) is 96.5 Å².